The molecule has 3 nitrogen and oxygen atoms in total. The second-order valence-corrected chi connectivity index (χ2v) is 3.47. The lowest BCUT2D eigenvalue weighted by Gasteiger charge is -2.19. The Morgan fingerprint density at radius 1 is 1.15 bits per heavy atom. The third-order valence-electron chi connectivity index (χ3n) is 2.35. The standard InChI is InChI=1S/C10H20O3/c1-2-7-12-9-4-3-5-10(9)13-8-6-11/h9-11H,2-8H2,1H3. The summed E-state index contributed by atoms with van der Waals surface area (Å²) in [5, 5.41) is 8.62. The van der Waals surface area contributed by atoms with Gasteiger partial charge in [0.1, 0.15) is 0 Å². The van der Waals surface area contributed by atoms with E-state index in [9.17, 15) is 0 Å². The smallest absolute Gasteiger partial charge is 0.0837 e. The van der Waals surface area contributed by atoms with Crippen LogP contribution in [0.4, 0.5) is 0 Å². The molecular formula is C10H20O3. The van der Waals surface area contributed by atoms with Crippen LogP contribution in [-0.4, -0.2) is 37.1 Å². The summed E-state index contributed by atoms with van der Waals surface area (Å²) >= 11 is 0. The molecule has 0 heterocycles. The van der Waals surface area contributed by atoms with Gasteiger partial charge in [0.05, 0.1) is 25.4 Å². The van der Waals surface area contributed by atoms with E-state index in [0.29, 0.717) is 6.61 Å². The quantitative estimate of drug-likeness (QED) is 0.683. The maximum Gasteiger partial charge on any atom is 0.0837 e. The first-order chi connectivity index (χ1) is 6.38. The first-order valence-corrected chi connectivity index (χ1v) is 5.22. The highest BCUT2D eigenvalue weighted by atomic mass is 16.5. The Bertz CT molecular complexity index is 113. The predicted molar refractivity (Wildman–Crippen MR) is 50.7 cm³/mol. The Labute approximate surface area is 80.0 Å². The average molecular weight is 188 g/mol. The van der Waals surface area contributed by atoms with Crippen LogP contribution in [0.1, 0.15) is 32.6 Å². The molecule has 0 radical (unpaired) electrons. The van der Waals surface area contributed by atoms with Gasteiger partial charge in [0.15, 0.2) is 0 Å². The highest BCUT2D eigenvalue weighted by Gasteiger charge is 2.28. The Hall–Kier alpha value is -0.120. The minimum absolute atomic E-state index is 0.108. The number of aliphatic hydroxyl groups is 1. The number of hydrogen-bond acceptors (Lipinski definition) is 3. The van der Waals surface area contributed by atoms with E-state index in [-0.39, 0.29) is 18.8 Å². The summed E-state index contributed by atoms with van der Waals surface area (Å²) < 4.78 is 11.1. The fraction of sp³-hybridized carbons (Fsp3) is 1.00. The molecule has 0 saturated heterocycles. The fourth-order valence-corrected chi connectivity index (χ4v) is 1.75. The van der Waals surface area contributed by atoms with Gasteiger partial charge in [-0.25, -0.2) is 0 Å². The van der Waals surface area contributed by atoms with Gasteiger partial charge in [-0.05, 0) is 25.7 Å². The molecule has 0 aromatic carbocycles. The number of hydrogen-bond donors (Lipinski definition) is 1. The molecule has 2 unspecified atom stereocenters. The van der Waals surface area contributed by atoms with Crippen molar-refractivity contribution in [2.45, 2.75) is 44.8 Å². The summed E-state index contributed by atoms with van der Waals surface area (Å²) in [7, 11) is 0. The summed E-state index contributed by atoms with van der Waals surface area (Å²) in [6.45, 7) is 3.48. The van der Waals surface area contributed by atoms with Crippen LogP contribution in [0, 0.1) is 0 Å². The molecule has 0 spiro atoms. The van der Waals surface area contributed by atoms with Crippen molar-refractivity contribution in [3.8, 4) is 0 Å². The van der Waals surface area contributed by atoms with Gasteiger partial charge in [-0.2, -0.15) is 0 Å². The molecule has 0 aromatic rings. The molecule has 1 saturated carbocycles. The zero-order valence-electron chi connectivity index (χ0n) is 8.37. The van der Waals surface area contributed by atoms with Gasteiger partial charge in [0.2, 0.25) is 0 Å². The normalized spacial score (nSPS) is 28.2. The van der Waals surface area contributed by atoms with E-state index in [0.717, 1.165) is 25.9 Å². The Morgan fingerprint density at radius 2 is 1.77 bits per heavy atom. The van der Waals surface area contributed by atoms with E-state index in [1.54, 1.807) is 0 Å². The number of ether oxygens (including phenoxy) is 2. The van der Waals surface area contributed by atoms with Crippen LogP contribution in [0.25, 0.3) is 0 Å². The summed E-state index contributed by atoms with van der Waals surface area (Å²) in [5.74, 6) is 0. The third kappa shape index (κ3) is 3.63. The van der Waals surface area contributed by atoms with Crippen molar-refractivity contribution in [1.29, 1.82) is 0 Å². The largest absolute Gasteiger partial charge is 0.394 e. The van der Waals surface area contributed by atoms with Gasteiger partial charge in [-0.15, -0.1) is 0 Å². The Kier molecular flexibility index (Phi) is 5.35. The van der Waals surface area contributed by atoms with E-state index >= 15 is 0 Å². The molecule has 1 N–H and O–H groups in total. The minimum atomic E-state index is 0.108. The molecule has 0 aromatic heterocycles. The molecule has 0 aliphatic heterocycles. The van der Waals surface area contributed by atoms with Gasteiger partial charge < -0.3 is 14.6 Å². The van der Waals surface area contributed by atoms with Crippen LogP contribution in [-0.2, 0) is 9.47 Å². The van der Waals surface area contributed by atoms with Crippen molar-refractivity contribution < 1.29 is 14.6 Å². The average Bonchev–Trinajstić information content (AvgIpc) is 2.59. The summed E-state index contributed by atoms with van der Waals surface area (Å²) in [6, 6.07) is 0. The molecule has 1 rings (SSSR count). The van der Waals surface area contributed by atoms with Gasteiger partial charge in [0.25, 0.3) is 0 Å². The van der Waals surface area contributed by atoms with Crippen LogP contribution in [0.15, 0.2) is 0 Å². The van der Waals surface area contributed by atoms with Crippen molar-refractivity contribution in [2.24, 2.45) is 0 Å². The zero-order valence-corrected chi connectivity index (χ0v) is 8.37. The Morgan fingerprint density at radius 3 is 2.31 bits per heavy atom. The molecule has 1 aliphatic rings. The minimum Gasteiger partial charge on any atom is -0.394 e. The van der Waals surface area contributed by atoms with Gasteiger partial charge in [0, 0.05) is 6.61 Å². The molecular weight excluding hydrogens is 168 g/mol. The fourth-order valence-electron chi connectivity index (χ4n) is 1.75. The molecule has 3 heteroatoms. The van der Waals surface area contributed by atoms with Crippen molar-refractivity contribution in [2.75, 3.05) is 19.8 Å². The van der Waals surface area contributed by atoms with E-state index < -0.39 is 0 Å². The van der Waals surface area contributed by atoms with Crippen LogP contribution in [0.3, 0.4) is 0 Å². The highest BCUT2D eigenvalue weighted by Crippen LogP contribution is 2.24. The van der Waals surface area contributed by atoms with E-state index in [4.69, 9.17) is 14.6 Å². The molecule has 0 amide bonds. The van der Waals surface area contributed by atoms with Crippen molar-refractivity contribution in [3.63, 3.8) is 0 Å². The lowest BCUT2D eigenvalue weighted by Crippen LogP contribution is -2.27. The van der Waals surface area contributed by atoms with Crippen molar-refractivity contribution >= 4 is 0 Å². The first-order valence-electron chi connectivity index (χ1n) is 5.22. The second kappa shape index (κ2) is 6.35. The zero-order chi connectivity index (χ0) is 9.52. The van der Waals surface area contributed by atoms with Gasteiger partial charge >= 0.3 is 0 Å². The lowest BCUT2D eigenvalue weighted by molar-refractivity contribution is -0.0629. The molecule has 1 fully saturated rings. The maximum absolute atomic E-state index is 8.62. The molecule has 13 heavy (non-hydrogen) atoms. The highest BCUT2D eigenvalue weighted by molar-refractivity contribution is 4.78. The molecule has 78 valence electrons. The van der Waals surface area contributed by atoms with Crippen molar-refractivity contribution in [1.82, 2.24) is 0 Å². The second-order valence-electron chi connectivity index (χ2n) is 3.47. The predicted octanol–water partition coefficient (Wildman–Crippen LogP) is 1.34. The van der Waals surface area contributed by atoms with Crippen molar-refractivity contribution in [3.05, 3.63) is 0 Å². The molecule has 0 bridgehead atoms. The number of aliphatic hydroxyl groups excluding tert-OH is 1. The maximum atomic E-state index is 8.62. The Balaban J connectivity index is 2.18. The topological polar surface area (TPSA) is 38.7 Å². The van der Waals surface area contributed by atoms with E-state index in [1.165, 1.54) is 6.42 Å². The first kappa shape index (κ1) is 11.0. The SMILES string of the molecule is CCCOC1CCCC1OCCO. The van der Waals surface area contributed by atoms with Crippen LogP contribution < -0.4 is 0 Å². The lowest BCUT2D eigenvalue weighted by atomic mass is 10.2. The third-order valence-corrected chi connectivity index (χ3v) is 2.35. The summed E-state index contributed by atoms with van der Waals surface area (Å²) in [4.78, 5) is 0. The molecule has 2 atom stereocenters. The van der Waals surface area contributed by atoms with Crippen LogP contribution in [0.5, 0.6) is 0 Å². The monoisotopic (exact) mass is 188 g/mol. The van der Waals surface area contributed by atoms with Crippen LogP contribution >= 0.6 is 0 Å². The summed E-state index contributed by atoms with van der Waals surface area (Å²) in [6.07, 6.45) is 4.92. The summed E-state index contributed by atoms with van der Waals surface area (Å²) in [5.41, 5.74) is 0. The van der Waals surface area contributed by atoms with E-state index in [2.05, 4.69) is 6.92 Å². The van der Waals surface area contributed by atoms with Gasteiger partial charge in [-0.1, -0.05) is 6.92 Å². The van der Waals surface area contributed by atoms with Gasteiger partial charge in [-0.3, -0.25) is 0 Å². The van der Waals surface area contributed by atoms with E-state index in [1.807, 2.05) is 0 Å². The van der Waals surface area contributed by atoms with Crippen LogP contribution in [0.2, 0.25) is 0 Å². The number of rotatable bonds is 6. The molecule has 1 aliphatic carbocycles.